The Labute approximate surface area is 114 Å². The lowest BCUT2D eigenvalue weighted by atomic mass is 10.1. The van der Waals surface area contributed by atoms with Crippen molar-refractivity contribution < 1.29 is 19.2 Å². The number of hydrogen-bond donors (Lipinski definition) is 2. The first kappa shape index (κ1) is 13.7. The second kappa shape index (κ2) is 3.86. The highest BCUT2D eigenvalue weighted by molar-refractivity contribution is 7.96. The molecule has 2 heterocycles. The molecule has 0 aromatic rings. The van der Waals surface area contributed by atoms with Gasteiger partial charge in [0.05, 0.1) is 12.1 Å². The number of amides is 6. The van der Waals surface area contributed by atoms with Crippen LogP contribution in [0.3, 0.4) is 0 Å². The molecule has 6 amide bonds. The molecule has 104 valence electrons. The SMILES string of the molecule is CC1(C)NC(=O)N(SN2C(=O)NC(C)(C)C2=O)C1=O. The Morgan fingerprint density at radius 2 is 1.11 bits per heavy atom. The Kier molecular flexibility index (Phi) is 2.77. The monoisotopic (exact) mass is 286 g/mol. The van der Waals surface area contributed by atoms with Crippen molar-refractivity contribution in [1.82, 2.24) is 19.2 Å². The quantitative estimate of drug-likeness (QED) is 0.558. The molecule has 0 bridgehead atoms. The van der Waals surface area contributed by atoms with Gasteiger partial charge in [-0.25, -0.2) is 9.59 Å². The molecule has 8 nitrogen and oxygen atoms in total. The zero-order valence-corrected chi connectivity index (χ0v) is 11.8. The number of nitrogens with zero attached hydrogens (tertiary/aromatic N) is 2. The van der Waals surface area contributed by atoms with Crippen LogP contribution in [0.4, 0.5) is 9.59 Å². The number of carbonyl (C=O) groups is 4. The van der Waals surface area contributed by atoms with Gasteiger partial charge in [0.1, 0.15) is 11.1 Å². The van der Waals surface area contributed by atoms with Gasteiger partial charge in [-0.2, -0.15) is 8.61 Å². The number of imide groups is 2. The van der Waals surface area contributed by atoms with Gasteiger partial charge in [-0.1, -0.05) is 0 Å². The predicted octanol–water partition coefficient (Wildman–Crippen LogP) is 0.210. The maximum atomic E-state index is 12.0. The van der Waals surface area contributed by atoms with Gasteiger partial charge in [0, 0.05) is 0 Å². The first-order valence-electron chi connectivity index (χ1n) is 5.58. The molecule has 0 spiro atoms. The second-order valence-corrected chi connectivity index (χ2v) is 6.28. The average Bonchev–Trinajstić information content (AvgIpc) is 2.55. The van der Waals surface area contributed by atoms with Crippen LogP contribution in [0.2, 0.25) is 0 Å². The third-order valence-electron chi connectivity index (χ3n) is 2.81. The molecule has 2 N–H and O–H groups in total. The highest BCUT2D eigenvalue weighted by Crippen LogP contribution is 2.30. The molecule has 2 aliphatic rings. The van der Waals surface area contributed by atoms with Crippen molar-refractivity contribution in [3.05, 3.63) is 0 Å². The van der Waals surface area contributed by atoms with E-state index < -0.39 is 35.0 Å². The van der Waals surface area contributed by atoms with Crippen LogP contribution in [0.25, 0.3) is 0 Å². The summed E-state index contributed by atoms with van der Waals surface area (Å²) in [6.45, 7) is 6.18. The third-order valence-corrected chi connectivity index (χ3v) is 3.80. The third kappa shape index (κ3) is 2.03. The zero-order chi connectivity index (χ0) is 14.6. The molecule has 2 saturated heterocycles. The molecule has 2 aliphatic heterocycles. The minimum Gasteiger partial charge on any atom is -0.323 e. The first-order chi connectivity index (χ1) is 8.56. The molecule has 0 aliphatic carbocycles. The van der Waals surface area contributed by atoms with E-state index in [1.165, 1.54) is 0 Å². The van der Waals surface area contributed by atoms with Crippen molar-refractivity contribution in [3.63, 3.8) is 0 Å². The maximum Gasteiger partial charge on any atom is 0.336 e. The van der Waals surface area contributed by atoms with Gasteiger partial charge in [0.25, 0.3) is 11.8 Å². The number of carbonyl (C=O) groups excluding carboxylic acids is 4. The van der Waals surface area contributed by atoms with Crippen LogP contribution in [0.5, 0.6) is 0 Å². The van der Waals surface area contributed by atoms with Crippen LogP contribution in [0.15, 0.2) is 0 Å². The molecule has 0 atom stereocenters. The van der Waals surface area contributed by atoms with Gasteiger partial charge in [0.15, 0.2) is 0 Å². The van der Waals surface area contributed by atoms with Crippen molar-refractivity contribution >= 4 is 36.0 Å². The van der Waals surface area contributed by atoms with Gasteiger partial charge in [0.2, 0.25) is 0 Å². The smallest absolute Gasteiger partial charge is 0.323 e. The van der Waals surface area contributed by atoms with E-state index in [0.717, 1.165) is 8.61 Å². The summed E-state index contributed by atoms with van der Waals surface area (Å²) in [7, 11) is 0. The van der Waals surface area contributed by atoms with E-state index in [1.807, 2.05) is 0 Å². The van der Waals surface area contributed by atoms with Crippen molar-refractivity contribution in [2.75, 3.05) is 0 Å². The van der Waals surface area contributed by atoms with E-state index in [1.54, 1.807) is 27.7 Å². The minimum absolute atomic E-state index is 0.495. The van der Waals surface area contributed by atoms with Crippen LogP contribution in [-0.4, -0.2) is 43.6 Å². The average molecular weight is 286 g/mol. The van der Waals surface area contributed by atoms with Crippen LogP contribution in [0.1, 0.15) is 27.7 Å². The molecule has 0 unspecified atom stereocenters. The Hall–Kier alpha value is -1.77. The summed E-state index contributed by atoms with van der Waals surface area (Å²) in [4.78, 5) is 47.2. The van der Waals surface area contributed by atoms with Crippen molar-refractivity contribution in [2.45, 2.75) is 38.8 Å². The number of nitrogens with one attached hydrogen (secondary N) is 2. The molecule has 0 aromatic heterocycles. The van der Waals surface area contributed by atoms with Gasteiger partial charge < -0.3 is 10.6 Å². The van der Waals surface area contributed by atoms with Crippen LogP contribution < -0.4 is 10.6 Å². The molecule has 9 heteroatoms. The zero-order valence-electron chi connectivity index (χ0n) is 10.9. The fraction of sp³-hybridized carbons (Fsp3) is 0.600. The van der Waals surface area contributed by atoms with Crippen LogP contribution in [0, 0.1) is 0 Å². The Morgan fingerprint density at radius 1 is 0.789 bits per heavy atom. The Balaban J connectivity index is 2.19. The van der Waals surface area contributed by atoms with Crippen molar-refractivity contribution in [3.8, 4) is 0 Å². The fourth-order valence-electron chi connectivity index (χ4n) is 1.67. The molecule has 0 radical (unpaired) electrons. The summed E-state index contributed by atoms with van der Waals surface area (Å²) in [5.41, 5.74) is -2.09. The highest BCUT2D eigenvalue weighted by atomic mass is 32.2. The van der Waals surface area contributed by atoms with Gasteiger partial charge in [-0.3, -0.25) is 9.59 Å². The number of rotatable bonds is 2. The summed E-state index contributed by atoms with van der Waals surface area (Å²) in [6, 6.07) is -1.30. The molecular formula is C10H14N4O4S. The summed E-state index contributed by atoms with van der Waals surface area (Å²) in [5.74, 6) is -1.01. The number of hydrogen-bond acceptors (Lipinski definition) is 5. The normalized spacial score (nSPS) is 24.8. The van der Waals surface area contributed by atoms with Gasteiger partial charge in [-0.15, -0.1) is 0 Å². The predicted molar refractivity (Wildman–Crippen MR) is 66.5 cm³/mol. The van der Waals surface area contributed by atoms with E-state index in [2.05, 4.69) is 10.6 Å². The van der Waals surface area contributed by atoms with E-state index in [-0.39, 0.29) is 0 Å². The van der Waals surface area contributed by atoms with E-state index in [9.17, 15) is 19.2 Å². The summed E-state index contributed by atoms with van der Waals surface area (Å²) in [5, 5.41) is 4.93. The van der Waals surface area contributed by atoms with Crippen molar-refractivity contribution in [1.29, 1.82) is 0 Å². The standard InChI is InChI=1S/C10H14N4O4S/c1-9(2)5(15)13(7(17)11-9)19-14-6(16)10(3,4)12-8(14)18/h1-4H3,(H,11,17)(H,12,18). The lowest BCUT2D eigenvalue weighted by molar-refractivity contribution is -0.127. The summed E-state index contributed by atoms with van der Waals surface area (Å²) < 4.78 is 1.55. The summed E-state index contributed by atoms with van der Waals surface area (Å²) in [6.07, 6.45) is 0. The molecule has 0 saturated carbocycles. The molecule has 19 heavy (non-hydrogen) atoms. The Bertz CT molecular complexity index is 458. The largest absolute Gasteiger partial charge is 0.336 e. The van der Waals surface area contributed by atoms with Gasteiger partial charge >= 0.3 is 12.1 Å². The first-order valence-corrected chi connectivity index (χ1v) is 6.31. The topological polar surface area (TPSA) is 98.8 Å². The van der Waals surface area contributed by atoms with E-state index in [4.69, 9.17) is 0 Å². The molecule has 2 fully saturated rings. The van der Waals surface area contributed by atoms with E-state index in [0.29, 0.717) is 12.1 Å². The van der Waals surface area contributed by atoms with Gasteiger partial charge in [-0.05, 0) is 27.7 Å². The fourth-order valence-corrected chi connectivity index (χ4v) is 2.67. The Morgan fingerprint density at radius 3 is 1.32 bits per heavy atom. The lowest BCUT2D eigenvalue weighted by Gasteiger charge is -2.19. The van der Waals surface area contributed by atoms with E-state index >= 15 is 0 Å². The second-order valence-electron chi connectivity index (χ2n) is 5.39. The molecule has 2 rings (SSSR count). The highest BCUT2D eigenvalue weighted by Gasteiger charge is 2.51. The minimum atomic E-state index is -1.04. The summed E-state index contributed by atoms with van der Waals surface area (Å²) >= 11 is 0.495. The molecule has 0 aromatic carbocycles. The lowest BCUT2D eigenvalue weighted by Crippen LogP contribution is -2.41. The van der Waals surface area contributed by atoms with Crippen LogP contribution in [-0.2, 0) is 9.59 Å². The molecular weight excluding hydrogens is 272 g/mol. The van der Waals surface area contributed by atoms with Crippen LogP contribution >= 0.6 is 12.1 Å². The number of urea groups is 2. The maximum absolute atomic E-state index is 12.0. The van der Waals surface area contributed by atoms with Crippen molar-refractivity contribution in [2.24, 2.45) is 0 Å².